The lowest BCUT2D eigenvalue weighted by Gasteiger charge is -2.02. The molecule has 6 heteroatoms. The van der Waals surface area contributed by atoms with Gasteiger partial charge in [-0.25, -0.2) is 0 Å². The molecule has 0 spiro atoms. The predicted octanol–water partition coefficient (Wildman–Crippen LogP) is 6.36. The Morgan fingerprint density at radius 1 is 0.636 bits per heavy atom. The Hall–Kier alpha value is 2.78. The minimum Gasteiger partial charge on any atom is -0.0525 e. The zero-order valence-corrected chi connectivity index (χ0v) is 14.1. The second-order valence-electron chi connectivity index (χ2n) is 2.11. The molecule has 0 aliphatic heterocycles. The summed E-state index contributed by atoms with van der Waals surface area (Å²) in [7, 11) is 0. The molecule has 0 rings (SSSR count). The molecule has 0 nitrogen and oxygen atoms in total. The molecule has 0 saturated carbocycles. The average Bonchev–Trinajstić information content (AvgIpc) is 1.85. The van der Waals surface area contributed by atoms with E-state index in [9.17, 15) is 0 Å². The minimum atomic E-state index is -0.0256. The van der Waals surface area contributed by atoms with Crippen LogP contribution in [0.5, 0.6) is 0 Å². The van der Waals surface area contributed by atoms with Gasteiger partial charge in [-0.15, -0.1) is 0 Å². The molecule has 0 N–H and O–H groups in total. The van der Waals surface area contributed by atoms with Gasteiger partial charge in [0.2, 0.25) is 0 Å². The first-order valence-corrected chi connectivity index (χ1v) is 14.4. The molecular formula is C5H10Br4P2. The highest BCUT2D eigenvalue weighted by atomic mass is 79.9. The molecule has 0 amide bonds. The van der Waals surface area contributed by atoms with Crippen LogP contribution in [0.3, 0.4) is 0 Å². The second kappa shape index (κ2) is 9.34. The van der Waals surface area contributed by atoms with Crippen LogP contribution in [-0.4, -0.2) is 12.3 Å². The Labute approximate surface area is 103 Å². The van der Waals surface area contributed by atoms with E-state index in [4.69, 9.17) is 0 Å². The largest absolute Gasteiger partial charge is 0.0525 e. The van der Waals surface area contributed by atoms with Crippen LogP contribution in [0, 0.1) is 0 Å². The smallest absolute Gasteiger partial charge is 0.0346 e. The summed E-state index contributed by atoms with van der Waals surface area (Å²) in [4.78, 5) is 0. The van der Waals surface area contributed by atoms with E-state index >= 15 is 0 Å². The van der Waals surface area contributed by atoms with Crippen molar-refractivity contribution in [3.8, 4) is 0 Å². The van der Waals surface area contributed by atoms with Crippen LogP contribution in [0.2, 0.25) is 0 Å². The Balaban J connectivity index is 2.91. The van der Waals surface area contributed by atoms with Gasteiger partial charge in [0, 0.05) is 10.7 Å². The molecule has 11 heavy (non-hydrogen) atoms. The van der Waals surface area contributed by atoms with Crippen LogP contribution in [-0.2, 0) is 0 Å². The van der Waals surface area contributed by atoms with Crippen LogP contribution >= 0.6 is 72.6 Å². The van der Waals surface area contributed by atoms with Crippen molar-refractivity contribution in [2.24, 2.45) is 0 Å². The maximum Gasteiger partial charge on any atom is 0.0346 e. The third-order valence-corrected chi connectivity index (χ3v) is 6.72. The molecular weight excluding hydrogens is 442 g/mol. The van der Waals surface area contributed by atoms with Gasteiger partial charge in [0.15, 0.2) is 0 Å². The van der Waals surface area contributed by atoms with Crippen LogP contribution in [0.1, 0.15) is 19.3 Å². The van der Waals surface area contributed by atoms with Gasteiger partial charge >= 0.3 is 0 Å². The van der Waals surface area contributed by atoms with Crippen molar-refractivity contribution in [2.45, 2.75) is 19.3 Å². The van der Waals surface area contributed by atoms with Gasteiger partial charge in [0.25, 0.3) is 0 Å². The molecule has 0 saturated heterocycles. The predicted molar refractivity (Wildman–Crippen MR) is 73.1 cm³/mol. The molecule has 0 bridgehead atoms. The van der Waals surface area contributed by atoms with Crippen LogP contribution in [0.4, 0.5) is 0 Å². The van der Waals surface area contributed by atoms with E-state index in [1.54, 1.807) is 0 Å². The Bertz CT molecular complexity index is 78.6. The number of hydrogen-bond donors (Lipinski definition) is 0. The molecule has 0 radical (unpaired) electrons. The molecule has 0 aromatic rings. The molecule has 0 aromatic heterocycles. The quantitative estimate of drug-likeness (QED) is 0.326. The zero-order valence-electron chi connectivity index (χ0n) is 5.94. The van der Waals surface area contributed by atoms with E-state index in [1.165, 1.54) is 31.6 Å². The van der Waals surface area contributed by atoms with E-state index in [1.807, 2.05) is 0 Å². The fourth-order valence-electron chi connectivity index (χ4n) is 0.639. The summed E-state index contributed by atoms with van der Waals surface area (Å²) in [6.07, 6.45) is 6.61. The van der Waals surface area contributed by atoms with Crippen molar-refractivity contribution in [3.63, 3.8) is 0 Å². The van der Waals surface area contributed by atoms with E-state index in [-0.39, 0.29) is 10.7 Å². The van der Waals surface area contributed by atoms with Gasteiger partial charge < -0.3 is 0 Å². The van der Waals surface area contributed by atoms with Gasteiger partial charge in [-0.2, -0.15) is 0 Å². The summed E-state index contributed by atoms with van der Waals surface area (Å²) in [5, 5.41) is -0.0511. The van der Waals surface area contributed by atoms with E-state index in [0.717, 1.165) is 0 Å². The summed E-state index contributed by atoms with van der Waals surface area (Å²) in [6, 6.07) is 0. The summed E-state index contributed by atoms with van der Waals surface area (Å²) in [5.41, 5.74) is 0. The van der Waals surface area contributed by atoms with Crippen LogP contribution in [0.25, 0.3) is 0 Å². The maximum absolute atomic E-state index is 3.52. The monoisotopic (exact) mass is 448 g/mol. The number of rotatable bonds is 6. The SMILES string of the molecule is BrP(Br)CCCCCP(Br)Br. The van der Waals surface area contributed by atoms with E-state index in [0.29, 0.717) is 0 Å². The lowest BCUT2D eigenvalue weighted by atomic mass is 10.3. The third kappa shape index (κ3) is 12.8. The summed E-state index contributed by atoms with van der Waals surface area (Å²) in [6.45, 7) is 0. The van der Waals surface area contributed by atoms with Gasteiger partial charge in [-0.3, -0.25) is 0 Å². The van der Waals surface area contributed by atoms with Crippen molar-refractivity contribution in [1.82, 2.24) is 0 Å². The van der Waals surface area contributed by atoms with Crippen molar-refractivity contribution in [1.29, 1.82) is 0 Å². The van der Waals surface area contributed by atoms with E-state index in [2.05, 4.69) is 62.0 Å². The lowest BCUT2D eigenvalue weighted by Crippen LogP contribution is -1.81. The maximum atomic E-state index is 3.52. The Morgan fingerprint density at radius 3 is 1.27 bits per heavy atom. The standard InChI is InChI=1S/C5H10Br4P2/c6-10(7)4-2-1-3-5-11(8)9/h1-5H2. The average molecular weight is 452 g/mol. The highest BCUT2D eigenvalue weighted by Gasteiger charge is 1.99. The molecule has 0 aliphatic carbocycles. The fourth-order valence-corrected chi connectivity index (χ4v) is 4.57. The lowest BCUT2D eigenvalue weighted by molar-refractivity contribution is 0.785. The fraction of sp³-hybridized carbons (Fsp3) is 1.00. The first kappa shape index (κ1) is 13.8. The topological polar surface area (TPSA) is 0 Å². The zero-order chi connectivity index (χ0) is 8.69. The first-order chi connectivity index (χ1) is 5.13. The normalized spacial score (nSPS) is 11.5. The molecule has 68 valence electrons. The van der Waals surface area contributed by atoms with Crippen molar-refractivity contribution >= 4 is 72.6 Å². The Kier molecular flexibility index (Phi) is 11.7. The first-order valence-electron chi connectivity index (χ1n) is 3.31. The summed E-state index contributed by atoms with van der Waals surface area (Å²) < 4.78 is 0. The highest BCUT2D eigenvalue weighted by molar-refractivity contribution is 9.69. The highest BCUT2D eigenvalue weighted by Crippen LogP contribution is 2.54. The van der Waals surface area contributed by atoms with Crippen molar-refractivity contribution in [2.75, 3.05) is 12.3 Å². The van der Waals surface area contributed by atoms with Crippen LogP contribution in [0.15, 0.2) is 0 Å². The molecule has 0 heterocycles. The van der Waals surface area contributed by atoms with Crippen molar-refractivity contribution < 1.29 is 0 Å². The number of unbranched alkanes of at least 4 members (excludes halogenated alkanes) is 2. The minimum absolute atomic E-state index is 0.0256. The summed E-state index contributed by atoms with van der Waals surface area (Å²) >= 11 is 14.1. The third-order valence-electron chi connectivity index (χ3n) is 1.15. The number of hydrogen-bond acceptors (Lipinski definition) is 0. The van der Waals surface area contributed by atoms with Crippen molar-refractivity contribution in [3.05, 3.63) is 0 Å². The molecule has 0 unspecified atom stereocenters. The molecule has 0 aliphatic rings. The summed E-state index contributed by atoms with van der Waals surface area (Å²) in [5.74, 6) is 0. The Morgan fingerprint density at radius 2 is 1.00 bits per heavy atom. The van der Waals surface area contributed by atoms with E-state index < -0.39 is 0 Å². The van der Waals surface area contributed by atoms with Gasteiger partial charge in [0.05, 0.1) is 0 Å². The van der Waals surface area contributed by atoms with Gasteiger partial charge in [-0.05, 0) is 87.1 Å². The molecule has 0 aromatic carbocycles. The number of halogens is 4. The molecule has 0 atom stereocenters. The van der Waals surface area contributed by atoms with Gasteiger partial charge in [0.1, 0.15) is 0 Å². The molecule has 0 fully saturated rings. The van der Waals surface area contributed by atoms with Gasteiger partial charge in [-0.1, -0.05) is 6.42 Å². The second-order valence-corrected chi connectivity index (χ2v) is 20.2. The van der Waals surface area contributed by atoms with Crippen LogP contribution < -0.4 is 0 Å².